The third-order valence-electron chi connectivity index (χ3n) is 2.34. The number of rotatable bonds is 4. The molecule has 0 aliphatic rings. The number of halogens is 1. The maximum Gasteiger partial charge on any atom is 0.145 e. The summed E-state index contributed by atoms with van der Waals surface area (Å²) in [5.74, 6) is 1.28. The van der Waals surface area contributed by atoms with Gasteiger partial charge in [-0.25, -0.2) is 0 Å². The highest BCUT2D eigenvalue weighted by atomic mass is 35.5. The number of hydrogen-bond acceptors (Lipinski definition) is 3. The van der Waals surface area contributed by atoms with Crippen LogP contribution in [0.4, 0.5) is 0 Å². The van der Waals surface area contributed by atoms with E-state index in [0.29, 0.717) is 23.1 Å². The van der Waals surface area contributed by atoms with Crippen LogP contribution in [-0.2, 0) is 13.0 Å². The van der Waals surface area contributed by atoms with Crippen LogP contribution in [0.2, 0.25) is 5.02 Å². The van der Waals surface area contributed by atoms with E-state index in [2.05, 4.69) is 0 Å². The highest BCUT2D eigenvalue weighted by molar-refractivity contribution is 6.33. The van der Waals surface area contributed by atoms with Crippen molar-refractivity contribution in [2.45, 2.75) is 19.9 Å². The molecule has 0 atom stereocenters. The first-order chi connectivity index (χ1) is 7.19. The Labute approximate surface area is 95.1 Å². The van der Waals surface area contributed by atoms with E-state index < -0.39 is 0 Å². The average molecular weight is 230 g/mol. The van der Waals surface area contributed by atoms with Gasteiger partial charge in [-0.05, 0) is 18.1 Å². The van der Waals surface area contributed by atoms with Gasteiger partial charge in [0.15, 0.2) is 0 Å². The second-order valence-electron chi connectivity index (χ2n) is 3.13. The summed E-state index contributed by atoms with van der Waals surface area (Å²) < 4.78 is 10.5. The first-order valence-electron chi connectivity index (χ1n) is 4.81. The van der Waals surface area contributed by atoms with Gasteiger partial charge in [-0.15, -0.1) is 0 Å². The molecule has 0 radical (unpaired) electrons. The van der Waals surface area contributed by atoms with Crippen molar-refractivity contribution in [3.05, 3.63) is 22.2 Å². The Hall–Kier alpha value is -0.930. The van der Waals surface area contributed by atoms with Crippen molar-refractivity contribution in [3.8, 4) is 11.5 Å². The molecule has 2 N–H and O–H groups in total. The molecule has 0 bridgehead atoms. The van der Waals surface area contributed by atoms with Gasteiger partial charge in [-0.1, -0.05) is 18.5 Å². The van der Waals surface area contributed by atoms with Crippen LogP contribution in [0.5, 0.6) is 11.5 Å². The highest BCUT2D eigenvalue weighted by Gasteiger charge is 2.16. The molecule has 0 aliphatic heterocycles. The second kappa shape index (κ2) is 5.24. The fraction of sp³-hybridized carbons (Fsp3) is 0.455. The standard InChI is InChI=1S/C11H16ClNO2/c1-4-7-5-8(6-13)11(15-3)9(12)10(7)14-2/h5H,4,6,13H2,1-3H3. The van der Waals surface area contributed by atoms with Crippen LogP contribution in [0.3, 0.4) is 0 Å². The van der Waals surface area contributed by atoms with Gasteiger partial charge < -0.3 is 15.2 Å². The van der Waals surface area contributed by atoms with Crippen molar-refractivity contribution >= 4 is 11.6 Å². The Balaban J connectivity index is 3.41. The van der Waals surface area contributed by atoms with Crippen molar-refractivity contribution in [1.82, 2.24) is 0 Å². The van der Waals surface area contributed by atoms with Crippen LogP contribution >= 0.6 is 11.6 Å². The summed E-state index contributed by atoms with van der Waals surface area (Å²) in [6.45, 7) is 2.45. The molecule has 15 heavy (non-hydrogen) atoms. The van der Waals surface area contributed by atoms with Crippen molar-refractivity contribution in [2.75, 3.05) is 14.2 Å². The van der Waals surface area contributed by atoms with Gasteiger partial charge in [-0.3, -0.25) is 0 Å². The van der Waals surface area contributed by atoms with Gasteiger partial charge in [0.2, 0.25) is 0 Å². The molecule has 3 nitrogen and oxygen atoms in total. The van der Waals surface area contributed by atoms with Crippen LogP contribution in [0.15, 0.2) is 6.07 Å². The Morgan fingerprint density at radius 3 is 2.13 bits per heavy atom. The Morgan fingerprint density at radius 1 is 1.20 bits per heavy atom. The van der Waals surface area contributed by atoms with Gasteiger partial charge in [0, 0.05) is 12.1 Å². The van der Waals surface area contributed by atoms with Crippen LogP contribution in [-0.4, -0.2) is 14.2 Å². The van der Waals surface area contributed by atoms with E-state index in [1.165, 1.54) is 0 Å². The minimum atomic E-state index is 0.403. The van der Waals surface area contributed by atoms with E-state index in [4.69, 9.17) is 26.8 Å². The van der Waals surface area contributed by atoms with E-state index in [0.717, 1.165) is 17.5 Å². The van der Waals surface area contributed by atoms with Gasteiger partial charge in [-0.2, -0.15) is 0 Å². The van der Waals surface area contributed by atoms with E-state index in [-0.39, 0.29) is 0 Å². The van der Waals surface area contributed by atoms with Crippen LogP contribution in [0.25, 0.3) is 0 Å². The van der Waals surface area contributed by atoms with Crippen molar-refractivity contribution in [1.29, 1.82) is 0 Å². The van der Waals surface area contributed by atoms with Gasteiger partial charge >= 0.3 is 0 Å². The largest absolute Gasteiger partial charge is 0.495 e. The molecule has 1 aromatic rings. The first kappa shape index (κ1) is 12.1. The lowest BCUT2D eigenvalue weighted by Gasteiger charge is -2.15. The Morgan fingerprint density at radius 2 is 1.73 bits per heavy atom. The molecule has 0 unspecified atom stereocenters. The lowest BCUT2D eigenvalue weighted by molar-refractivity contribution is 0.388. The summed E-state index contributed by atoms with van der Waals surface area (Å²) in [6, 6.07) is 1.98. The molecule has 0 heterocycles. The molecule has 0 aliphatic carbocycles. The zero-order valence-corrected chi connectivity index (χ0v) is 10.0. The maximum atomic E-state index is 6.17. The molecule has 0 spiro atoms. The molecule has 84 valence electrons. The first-order valence-corrected chi connectivity index (χ1v) is 5.19. The molecular weight excluding hydrogens is 214 g/mol. The molecule has 0 saturated carbocycles. The SMILES string of the molecule is CCc1cc(CN)c(OC)c(Cl)c1OC. The van der Waals surface area contributed by atoms with Crippen molar-refractivity contribution in [2.24, 2.45) is 5.73 Å². The van der Waals surface area contributed by atoms with Gasteiger partial charge in [0.25, 0.3) is 0 Å². The smallest absolute Gasteiger partial charge is 0.145 e. The number of benzene rings is 1. The molecule has 4 heteroatoms. The van der Waals surface area contributed by atoms with Gasteiger partial charge in [0.05, 0.1) is 14.2 Å². The van der Waals surface area contributed by atoms with E-state index in [9.17, 15) is 0 Å². The lowest BCUT2D eigenvalue weighted by atomic mass is 10.1. The number of methoxy groups -OCH3 is 2. The molecule has 0 saturated heterocycles. The number of aryl methyl sites for hydroxylation is 1. The predicted octanol–water partition coefficient (Wildman–Crippen LogP) is 2.38. The van der Waals surface area contributed by atoms with Crippen LogP contribution in [0, 0.1) is 0 Å². The quantitative estimate of drug-likeness (QED) is 0.862. The summed E-state index contributed by atoms with van der Waals surface area (Å²) in [4.78, 5) is 0. The fourth-order valence-electron chi connectivity index (χ4n) is 1.58. The van der Waals surface area contributed by atoms with Crippen molar-refractivity contribution < 1.29 is 9.47 Å². The monoisotopic (exact) mass is 229 g/mol. The van der Waals surface area contributed by atoms with Gasteiger partial charge in [0.1, 0.15) is 16.5 Å². The topological polar surface area (TPSA) is 44.5 Å². The zero-order chi connectivity index (χ0) is 11.4. The number of nitrogens with two attached hydrogens (primary N) is 1. The summed E-state index contributed by atoms with van der Waals surface area (Å²) in [5.41, 5.74) is 7.58. The zero-order valence-electron chi connectivity index (χ0n) is 9.26. The molecule has 0 aromatic heterocycles. The number of hydrogen-bond donors (Lipinski definition) is 1. The molecular formula is C11H16ClNO2. The van der Waals surface area contributed by atoms with Crippen LogP contribution in [0.1, 0.15) is 18.1 Å². The molecule has 1 aromatic carbocycles. The third-order valence-corrected chi connectivity index (χ3v) is 2.68. The van der Waals surface area contributed by atoms with Crippen LogP contribution < -0.4 is 15.2 Å². The van der Waals surface area contributed by atoms with E-state index in [1.54, 1.807) is 14.2 Å². The summed E-state index contributed by atoms with van der Waals surface area (Å²) in [6.07, 6.45) is 0.847. The Kier molecular flexibility index (Phi) is 4.24. The normalized spacial score (nSPS) is 10.2. The molecule has 0 amide bonds. The minimum Gasteiger partial charge on any atom is -0.495 e. The molecule has 0 fully saturated rings. The highest BCUT2D eigenvalue weighted by Crippen LogP contribution is 2.39. The van der Waals surface area contributed by atoms with Crippen molar-refractivity contribution in [3.63, 3.8) is 0 Å². The second-order valence-corrected chi connectivity index (χ2v) is 3.51. The summed E-state index contributed by atoms with van der Waals surface area (Å²) in [5, 5.41) is 0.500. The predicted molar refractivity (Wildman–Crippen MR) is 61.8 cm³/mol. The summed E-state index contributed by atoms with van der Waals surface area (Å²) >= 11 is 6.17. The fourth-order valence-corrected chi connectivity index (χ4v) is 1.98. The Bertz CT molecular complexity index is 323. The average Bonchev–Trinajstić information content (AvgIpc) is 2.27. The van der Waals surface area contributed by atoms with E-state index >= 15 is 0 Å². The van der Waals surface area contributed by atoms with E-state index in [1.807, 2.05) is 13.0 Å². The lowest BCUT2D eigenvalue weighted by Crippen LogP contribution is -2.03. The third kappa shape index (κ3) is 2.19. The minimum absolute atomic E-state index is 0.403. The molecule has 1 rings (SSSR count). The summed E-state index contributed by atoms with van der Waals surface area (Å²) in [7, 11) is 3.17. The number of ether oxygens (including phenoxy) is 2. The maximum absolute atomic E-state index is 6.17.